The summed E-state index contributed by atoms with van der Waals surface area (Å²) < 4.78 is 5.40. The molecular weight excluding hydrogens is 368 g/mol. The van der Waals surface area contributed by atoms with Crippen LogP contribution in [0.2, 0.25) is 0 Å². The van der Waals surface area contributed by atoms with E-state index in [4.69, 9.17) is 4.74 Å². The van der Waals surface area contributed by atoms with Crippen LogP contribution in [0.25, 0.3) is 16.8 Å². The fraction of sp³-hybridized carbons (Fsp3) is 0.0870. The summed E-state index contributed by atoms with van der Waals surface area (Å²) in [5, 5.41) is 3.95. The monoisotopic (exact) mass is 386 g/mol. The van der Waals surface area contributed by atoms with Gasteiger partial charge in [0.25, 0.3) is 11.8 Å². The van der Waals surface area contributed by atoms with Gasteiger partial charge in [0, 0.05) is 5.39 Å². The largest absolute Gasteiger partial charge is 0.496 e. The van der Waals surface area contributed by atoms with E-state index in [1.165, 1.54) is 6.08 Å². The normalized spacial score (nSPS) is 15.7. The first kappa shape index (κ1) is 18.4. The zero-order valence-electron chi connectivity index (χ0n) is 15.9. The highest BCUT2D eigenvalue weighted by atomic mass is 16.5. The Balaban J connectivity index is 1.83. The van der Waals surface area contributed by atoms with Gasteiger partial charge in [0.2, 0.25) is 0 Å². The van der Waals surface area contributed by atoms with Crippen LogP contribution in [0.4, 0.5) is 10.5 Å². The molecule has 6 heteroatoms. The number of aryl methyl sites for hydroxylation is 1. The number of ether oxygens (including phenoxy) is 1. The summed E-state index contributed by atoms with van der Waals surface area (Å²) in [4.78, 5) is 38.9. The predicted molar refractivity (Wildman–Crippen MR) is 111 cm³/mol. The van der Waals surface area contributed by atoms with E-state index in [0.29, 0.717) is 17.0 Å². The average Bonchev–Trinajstić information content (AvgIpc) is 2.71. The van der Waals surface area contributed by atoms with Gasteiger partial charge in [0.05, 0.1) is 12.8 Å². The number of urea groups is 1. The first-order chi connectivity index (χ1) is 14.0. The first-order valence-electron chi connectivity index (χ1n) is 9.03. The summed E-state index contributed by atoms with van der Waals surface area (Å²) in [7, 11) is 1.59. The number of hydrogen-bond donors (Lipinski definition) is 1. The third-order valence-electron chi connectivity index (χ3n) is 4.80. The molecule has 0 aliphatic carbocycles. The summed E-state index contributed by atoms with van der Waals surface area (Å²) in [6.45, 7) is 1.86. The number of barbiturate groups is 1. The van der Waals surface area contributed by atoms with Crippen LogP contribution < -0.4 is 15.0 Å². The van der Waals surface area contributed by atoms with Crippen molar-refractivity contribution in [3.05, 3.63) is 77.4 Å². The summed E-state index contributed by atoms with van der Waals surface area (Å²) in [6.07, 6.45) is 1.51. The van der Waals surface area contributed by atoms with E-state index in [2.05, 4.69) is 5.32 Å². The predicted octanol–water partition coefficient (Wildman–Crippen LogP) is 3.82. The molecule has 6 nitrogen and oxygen atoms in total. The molecule has 0 atom stereocenters. The molecule has 0 unspecified atom stereocenters. The summed E-state index contributed by atoms with van der Waals surface area (Å²) in [5.74, 6) is -0.688. The molecule has 1 aliphatic heterocycles. The van der Waals surface area contributed by atoms with E-state index in [9.17, 15) is 14.4 Å². The van der Waals surface area contributed by atoms with E-state index in [-0.39, 0.29) is 5.57 Å². The van der Waals surface area contributed by atoms with E-state index in [0.717, 1.165) is 21.2 Å². The van der Waals surface area contributed by atoms with Crippen LogP contribution in [0.15, 0.2) is 66.2 Å². The maximum atomic E-state index is 13.1. The van der Waals surface area contributed by atoms with Crippen molar-refractivity contribution in [2.75, 3.05) is 12.0 Å². The quantitative estimate of drug-likeness (QED) is 0.548. The van der Waals surface area contributed by atoms with Gasteiger partial charge in [-0.15, -0.1) is 0 Å². The molecule has 0 bridgehead atoms. The van der Waals surface area contributed by atoms with E-state index in [1.807, 2.05) is 37.3 Å². The van der Waals surface area contributed by atoms with Crippen molar-refractivity contribution in [1.29, 1.82) is 0 Å². The van der Waals surface area contributed by atoms with Gasteiger partial charge < -0.3 is 4.74 Å². The Morgan fingerprint density at radius 3 is 2.41 bits per heavy atom. The van der Waals surface area contributed by atoms with Gasteiger partial charge in [-0.3, -0.25) is 14.9 Å². The Morgan fingerprint density at radius 2 is 1.69 bits per heavy atom. The molecule has 1 saturated heterocycles. The topological polar surface area (TPSA) is 75.7 Å². The van der Waals surface area contributed by atoms with Crippen molar-refractivity contribution in [1.82, 2.24) is 5.32 Å². The van der Waals surface area contributed by atoms with Gasteiger partial charge in [-0.05, 0) is 47.7 Å². The molecule has 0 saturated carbocycles. The number of carbonyl (C=O) groups is 3. The number of methoxy groups -OCH3 is 1. The van der Waals surface area contributed by atoms with Crippen LogP contribution in [0, 0.1) is 6.92 Å². The molecule has 0 radical (unpaired) electrons. The van der Waals surface area contributed by atoms with E-state index < -0.39 is 17.8 Å². The van der Waals surface area contributed by atoms with E-state index in [1.54, 1.807) is 37.4 Å². The Hall–Kier alpha value is -3.93. The molecule has 29 heavy (non-hydrogen) atoms. The zero-order chi connectivity index (χ0) is 20.5. The number of rotatable bonds is 3. The maximum Gasteiger partial charge on any atom is 0.335 e. The number of carbonyl (C=O) groups excluding carboxylic acids is 3. The van der Waals surface area contributed by atoms with Crippen LogP contribution in [-0.2, 0) is 9.59 Å². The second-order valence-corrected chi connectivity index (χ2v) is 6.70. The number of benzene rings is 3. The Morgan fingerprint density at radius 1 is 0.931 bits per heavy atom. The van der Waals surface area contributed by atoms with Crippen LogP contribution in [0.5, 0.6) is 5.75 Å². The molecule has 1 N–H and O–H groups in total. The van der Waals surface area contributed by atoms with Crippen LogP contribution in [0.3, 0.4) is 0 Å². The lowest BCUT2D eigenvalue weighted by Crippen LogP contribution is -2.54. The molecule has 1 heterocycles. The molecule has 1 fully saturated rings. The third-order valence-corrected chi connectivity index (χ3v) is 4.80. The molecule has 144 valence electrons. The minimum atomic E-state index is -0.762. The van der Waals surface area contributed by atoms with Gasteiger partial charge in [-0.2, -0.15) is 0 Å². The SMILES string of the molecule is COc1ccc(C=C2C(=O)NC(=O)N(c3cccc(C)c3)C2=O)c2ccccc12. The van der Waals surface area contributed by atoms with Crippen molar-refractivity contribution < 1.29 is 19.1 Å². The van der Waals surface area contributed by atoms with Gasteiger partial charge in [0.15, 0.2) is 0 Å². The van der Waals surface area contributed by atoms with Crippen molar-refractivity contribution >= 4 is 40.4 Å². The second kappa shape index (κ2) is 7.24. The number of hydrogen-bond acceptors (Lipinski definition) is 4. The third kappa shape index (κ3) is 3.25. The smallest absolute Gasteiger partial charge is 0.335 e. The fourth-order valence-corrected chi connectivity index (χ4v) is 3.41. The van der Waals surface area contributed by atoms with Crippen LogP contribution >= 0.6 is 0 Å². The number of amides is 4. The molecule has 0 aromatic heterocycles. The zero-order valence-corrected chi connectivity index (χ0v) is 15.9. The molecule has 4 amide bonds. The highest BCUT2D eigenvalue weighted by Gasteiger charge is 2.36. The minimum Gasteiger partial charge on any atom is -0.496 e. The molecule has 4 rings (SSSR count). The van der Waals surface area contributed by atoms with E-state index >= 15 is 0 Å². The van der Waals surface area contributed by atoms with Crippen molar-refractivity contribution in [2.24, 2.45) is 0 Å². The van der Waals surface area contributed by atoms with Gasteiger partial charge in [-0.1, -0.05) is 42.5 Å². The summed E-state index contributed by atoms with van der Waals surface area (Å²) in [6, 6.07) is 17.3. The van der Waals surface area contributed by atoms with Crippen molar-refractivity contribution in [3.63, 3.8) is 0 Å². The Kier molecular flexibility index (Phi) is 4.60. The molecule has 3 aromatic rings. The fourth-order valence-electron chi connectivity index (χ4n) is 3.41. The lowest BCUT2D eigenvalue weighted by molar-refractivity contribution is -0.122. The van der Waals surface area contributed by atoms with Crippen LogP contribution in [0.1, 0.15) is 11.1 Å². The Labute approximate surface area is 167 Å². The minimum absolute atomic E-state index is 0.110. The lowest BCUT2D eigenvalue weighted by Gasteiger charge is -2.26. The number of nitrogens with one attached hydrogen (secondary N) is 1. The first-order valence-corrected chi connectivity index (χ1v) is 9.03. The van der Waals surface area contributed by atoms with Crippen molar-refractivity contribution in [2.45, 2.75) is 6.92 Å². The second-order valence-electron chi connectivity index (χ2n) is 6.70. The van der Waals surface area contributed by atoms with Gasteiger partial charge in [0.1, 0.15) is 11.3 Å². The number of nitrogens with zero attached hydrogens (tertiary/aromatic N) is 1. The Bertz CT molecular complexity index is 1200. The number of fused-ring (bicyclic) bond motifs is 1. The molecule has 3 aromatic carbocycles. The highest BCUT2D eigenvalue weighted by molar-refractivity contribution is 6.39. The lowest BCUT2D eigenvalue weighted by atomic mass is 10.00. The molecular formula is C23H18N2O4. The number of imide groups is 2. The average molecular weight is 386 g/mol. The standard InChI is InChI=1S/C23H18N2O4/c1-14-6-5-7-16(12-14)25-22(27)19(21(26)24-23(25)28)13-15-10-11-20(29-2)18-9-4-3-8-17(15)18/h3-13H,1-2H3,(H,24,26,28). The molecule has 1 aliphatic rings. The molecule has 0 spiro atoms. The van der Waals surface area contributed by atoms with Crippen LogP contribution in [-0.4, -0.2) is 25.0 Å². The van der Waals surface area contributed by atoms with Gasteiger partial charge in [-0.25, -0.2) is 9.69 Å². The maximum absolute atomic E-state index is 13.1. The van der Waals surface area contributed by atoms with Gasteiger partial charge >= 0.3 is 6.03 Å². The highest BCUT2D eigenvalue weighted by Crippen LogP contribution is 2.30. The summed E-state index contributed by atoms with van der Waals surface area (Å²) >= 11 is 0. The summed E-state index contributed by atoms with van der Waals surface area (Å²) in [5.41, 5.74) is 1.87. The number of anilines is 1. The van der Waals surface area contributed by atoms with Crippen molar-refractivity contribution in [3.8, 4) is 5.75 Å².